The van der Waals surface area contributed by atoms with Gasteiger partial charge >= 0.3 is 12.0 Å². The second kappa shape index (κ2) is 6.22. The summed E-state index contributed by atoms with van der Waals surface area (Å²) in [5.74, 6) is -0.887. The van der Waals surface area contributed by atoms with Crippen LogP contribution in [-0.4, -0.2) is 52.8 Å². The van der Waals surface area contributed by atoms with E-state index in [0.717, 1.165) is 32.3 Å². The van der Waals surface area contributed by atoms with Crippen LogP contribution in [0, 0.1) is 0 Å². The number of hydrogen-bond donors (Lipinski definition) is 2. The number of carbonyl (C=O) groups excluding carboxylic acids is 1. The lowest BCUT2D eigenvalue weighted by atomic mass is 9.90. The van der Waals surface area contributed by atoms with Crippen molar-refractivity contribution < 1.29 is 19.4 Å². The van der Waals surface area contributed by atoms with E-state index in [9.17, 15) is 14.7 Å². The summed E-state index contributed by atoms with van der Waals surface area (Å²) in [7, 11) is 0. The first-order valence-electron chi connectivity index (χ1n) is 7.84. The van der Waals surface area contributed by atoms with Gasteiger partial charge in [-0.15, -0.1) is 0 Å². The fourth-order valence-corrected chi connectivity index (χ4v) is 3.54. The molecule has 21 heavy (non-hydrogen) atoms. The van der Waals surface area contributed by atoms with E-state index in [1.54, 1.807) is 0 Å². The van der Waals surface area contributed by atoms with Crippen molar-refractivity contribution in [2.75, 3.05) is 19.8 Å². The lowest BCUT2D eigenvalue weighted by molar-refractivity contribution is -0.148. The van der Waals surface area contributed by atoms with E-state index in [1.807, 2.05) is 13.8 Å². The molecule has 6 nitrogen and oxygen atoms in total. The van der Waals surface area contributed by atoms with Gasteiger partial charge in [-0.05, 0) is 39.0 Å². The molecule has 2 heterocycles. The van der Waals surface area contributed by atoms with Crippen LogP contribution in [0.3, 0.4) is 0 Å². The Morgan fingerprint density at radius 2 is 2.10 bits per heavy atom. The standard InChI is InChI=1S/C15H26N2O4/c1-3-6-15(12(18)19)8-4-9-17(15)13(20)16-14(2)7-5-10-21-11-14/h3-11H2,1-2H3,(H,16,20)(H,18,19). The molecule has 2 aliphatic heterocycles. The van der Waals surface area contributed by atoms with Gasteiger partial charge in [-0.2, -0.15) is 0 Å². The van der Waals surface area contributed by atoms with Crippen molar-refractivity contribution in [2.24, 2.45) is 0 Å². The largest absolute Gasteiger partial charge is 0.479 e. The molecule has 0 aromatic heterocycles. The zero-order valence-corrected chi connectivity index (χ0v) is 13.0. The average Bonchev–Trinajstić information content (AvgIpc) is 2.84. The van der Waals surface area contributed by atoms with E-state index in [1.165, 1.54) is 4.90 Å². The third-order valence-electron chi connectivity index (χ3n) is 4.64. The molecule has 0 radical (unpaired) electrons. The van der Waals surface area contributed by atoms with Gasteiger partial charge in [0.05, 0.1) is 12.1 Å². The number of nitrogens with zero attached hydrogens (tertiary/aromatic N) is 1. The number of rotatable bonds is 4. The maximum absolute atomic E-state index is 12.6. The Balaban J connectivity index is 2.11. The van der Waals surface area contributed by atoms with Gasteiger partial charge in [0.15, 0.2) is 0 Å². The highest BCUT2D eigenvalue weighted by molar-refractivity contribution is 5.87. The fraction of sp³-hybridized carbons (Fsp3) is 0.867. The number of ether oxygens (including phenoxy) is 1. The zero-order valence-electron chi connectivity index (χ0n) is 13.0. The van der Waals surface area contributed by atoms with Crippen molar-refractivity contribution in [1.82, 2.24) is 10.2 Å². The van der Waals surface area contributed by atoms with Crippen molar-refractivity contribution >= 4 is 12.0 Å². The lowest BCUT2D eigenvalue weighted by Crippen LogP contribution is -2.61. The molecule has 2 fully saturated rings. The summed E-state index contributed by atoms with van der Waals surface area (Å²) in [5.41, 5.74) is -1.43. The third-order valence-corrected chi connectivity index (χ3v) is 4.64. The predicted octanol–water partition coefficient (Wildman–Crippen LogP) is 1.98. The Morgan fingerprint density at radius 1 is 1.33 bits per heavy atom. The van der Waals surface area contributed by atoms with Gasteiger partial charge in [-0.25, -0.2) is 9.59 Å². The van der Waals surface area contributed by atoms with Crippen molar-refractivity contribution in [3.8, 4) is 0 Å². The summed E-state index contributed by atoms with van der Waals surface area (Å²) in [6, 6.07) is -0.267. The van der Waals surface area contributed by atoms with Crippen LogP contribution in [0.2, 0.25) is 0 Å². The van der Waals surface area contributed by atoms with Gasteiger partial charge in [0.1, 0.15) is 5.54 Å². The Morgan fingerprint density at radius 3 is 2.67 bits per heavy atom. The second-order valence-electron chi connectivity index (χ2n) is 6.49. The Kier molecular flexibility index (Phi) is 4.76. The molecule has 2 atom stereocenters. The van der Waals surface area contributed by atoms with Crippen LogP contribution in [0.25, 0.3) is 0 Å². The predicted molar refractivity (Wildman–Crippen MR) is 78.2 cm³/mol. The van der Waals surface area contributed by atoms with E-state index in [2.05, 4.69) is 5.32 Å². The van der Waals surface area contributed by atoms with Gasteiger partial charge in [0.2, 0.25) is 0 Å². The summed E-state index contributed by atoms with van der Waals surface area (Å²) >= 11 is 0. The average molecular weight is 298 g/mol. The van der Waals surface area contributed by atoms with E-state index >= 15 is 0 Å². The third kappa shape index (κ3) is 3.15. The minimum absolute atomic E-state index is 0.267. The van der Waals surface area contributed by atoms with Crippen LogP contribution in [0.4, 0.5) is 4.79 Å². The minimum atomic E-state index is -1.04. The maximum atomic E-state index is 12.6. The fourth-order valence-electron chi connectivity index (χ4n) is 3.54. The quantitative estimate of drug-likeness (QED) is 0.832. The molecule has 6 heteroatoms. The first kappa shape index (κ1) is 16.1. The van der Waals surface area contributed by atoms with Gasteiger partial charge in [0, 0.05) is 13.2 Å². The topological polar surface area (TPSA) is 78.9 Å². The molecular formula is C15H26N2O4. The molecule has 0 aromatic carbocycles. The molecule has 2 N–H and O–H groups in total. The summed E-state index contributed by atoms with van der Waals surface area (Å²) in [6.07, 6.45) is 4.30. The molecule has 0 aromatic rings. The number of carbonyl (C=O) groups is 2. The number of nitrogens with one attached hydrogen (secondary N) is 1. The molecule has 0 spiro atoms. The number of amides is 2. The number of hydrogen-bond acceptors (Lipinski definition) is 3. The molecule has 120 valence electrons. The summed E-state index contributed by atoms with van der Waals surface area (Å²) in [4.78, 5) is 25.9. The van der Waals surface area contributed by atoms with Crippen LogP contribution in [0.1, 0.15) is 52.4 Å². The molecule has 2 unspecified atom stereocenters. The summed E-state index contributed by atoms with van der Waals surface area (Å²) < 4.78 is 5.45. The highest BCUT2D eigenvalue weighted by Crippen LogP contribution is 2.34. The minimum Gasteiger partial charge on any atom is -0.479 e. The highest BCUT2D eigenvalue weighted by Gasteiger charge is 2.50. The first-order valence-corrected chi connectivity index (χ1v) is 7.84. The molecule has 2 amide bonds. The molecule has 0 saturated carbocycles. The van der Waals surface area contributed by atoms with E-state index < -0.39 is 17.0 Å². The zero-order chi connectivity index (χ0) is 15.5. The number of carboxylic acids is 1. The smallest absolute Gasteiger partial charge is 0.329 e. The summed E-state index contributed by atoms with van der Waals surface area (Å²) in [5, 5.41) is 12.6. The number of aliphatic carboxylic acids is 1. The van der Waals surface area contributed by atoms with Crippen molar-refractivity contribution in [2.45, 2.75) is 63.5 Å². The maximum Gasteiger partial charge on any atom is 0.329 e. The highest BCUT2D eigenvalue weighted by atomic mass is 16.5. The Bertz CT molecular complexity index is 406. The molecule has 0 bridgehead atoms. The monoisotopic (exact) mass is 298 g/mol. The van der Waals surface area contributed by atoms with Crippen LogP contribution in [0.5, 0.6) is 0 Å². The van der Waals surface area contributed by atoms with E-state index in [-0.39, 0.29) is 6.03 Å². The lowest BCUT2D eigenvalue weighted by Gasteiger charge is -2.39. The van der Waals surface area contributed by atoms with Crippen molar-refractivity contribution in [3.05, 3.63) is 0 Å². The van der Waals surface area contributed by atoms with Gasteiger partial charge in [-0.3, -0.25) is 0 Å². The normalized spacial score (nSPS) is 33.0. The van der Waals surface area contributed by atoms with Crippen LogP contribution in [0.15, 0.2) is 0 Å². The Hall–Kier alpha value is -1.30. The molecule has 2 rings (SSSR count). The number of carboxylic acid groups (broad SMARTS) is 1. The second-order valence-corrected chi connectivity index (χ2v) is 6.49. The first-order chi connectivity index (χ1) is 9.93. The molecule has 0 aliphatic carbocycles. The Labute approximate surface area is 125 Å². The van der Waals surface area contributed by atoms with Gasteiger partial charge in [-0.1, -0.05) is 13.3 Å². The van der Waals surface area contributed by atoms with Crippen molar-refractivity contribution in [1.29, 1.82) is 0 Å². The van der Waals surface area contributed by atoms with Crippen LogP contribution >= 0.6 is 0 Å². The van der Waals surface area contributed by atoms with Gasteiger partial charge in [0.25, 0.3) is 0 Å². The molecular weight excluding hydrogens is 272 g/mol. The van der Waals surface area contributed by atoms with Crippen molar-refractivity contribution in [3.63, 3.8) is 0 Å². The molecule has 2 saturated heterocycles. The molecule has 2 aliphatic rings. The van der Waals surface area contributed by atoms with Crippen LogP contribution in [-0.2, 0) is 9.53 Å². The van der Waals surface area contributed by atoms with E-state index in [0.29, 0.717) is 26.0 Å². The van der Waals surface area contributed by atoms with Gasteiger partial charge < -0.3 is 20.1 Å². The number of likely N-dealkylation sites (tertiary alicyclic amines) is 1. The SMILES string of the molecule is CCCC1(C(=O)O)CCCN1C(=O)NC1(C)CCCOC1. The van der Waals surface area contributed by atoms with Crippen LogP contribution < -0.4 is 5.32 Å². The summed E-state index contributed by atoms with van der Waals surface area (Å²) in [6.45, 7) is 5.64. The number of urea groups is 1. The van der Waals surface area contributed by atoms with E-state index in [4.69, 9.17) is 4.74 Å².